The Balaban J connectivity index is 0.00000121. The van der Waals surface area contributed by atoms with Crippen molar-refractivity contribution in [1.29, 1.82) is 0 Å². The number of hydrogen-bond donors (Lipinski definition) is 1. The first kappa shape index (κ1) is 12.2. The Labute approximate surface area is 80.3 Å². The molecule has 0 aromatic carbocycles. The third-order valence-electron chi connectivity index (χ3n) is 2.74. The molecule has 0 aromatic rings. The van der Waals surface area contributed by atoms with Crippen molar-refractivity contribution in [3.8, 4) is 0 Å². The summed E-state index contributed by atoms with van der Waals surface area (Å²) in [6, 6.07) is 0.327. The van der Waals surface area contributed by atoms with Gasteiger partial charge in [0.05, 0.1) is 0 Å². The molecule has 1 aliphatic carbocycles. The van der Waals surface area contributed by atoms with E-state index in [0.717, 1.165) is 25.7 Å². The van der Waals surface area contributed by atoms with Crippen LogP contribution in [0.3, 0.4) is 0 Å². The summed E-state index contributed by atoms with van der Waals surface area (Å²) < 4.78 is 13.4. The molecule has 0 unspecified atom stereocenters. The molecule has 0 saturated heterocycles. The zero-order chi connectivity index (χ0) is 8.48. The molecule has 2 N–H and O–H groups in total. The van der Waals surface area contributed by atoms with Gasteiger partial charge in [0.25, 0.3) is 0 Å². The lowest BCUT2D eigenvalue weighted by Gasteiger charge is -2.32. The molecule has 0 atom stereocenters. The van der Waals surface area contributed by atoms with Crippen LogP contribution in [-0.4, -0.2) is 11.7 Å². The van der Waals surface area contributed by atoms with E-state index in [1.165, 1.54) is 0 Å². The highest BCUT2D eigenvalue weighted by Gasteiger charge is 2.31. The molecule has 1 aliphatic rings. The minimum Gasteiger partial charge on any atom is -0.328 e. The van der Waals surface area contributed by atoms with Crippen LogP contribution in [0.15, 0.2) is 0 Å². The predicted molar refractivity (Wildman–Crippen MR) is 52.4 cm³/mol. The molecule has 74 valence electrons. The summed E-state index contributed by atoms with van der Waals surface area (Å²) in [5, 5.41) is 0. The number of rotatable bonds is 1. The Bertz CT molecular complexity index is 125. The molecule has 1 nitrogen and oxygen atoms in total. The molecular formula is C9H19ClFN. The molecule has 0 bridgehead atoms. The van der Waals surface area contributed by atoms with Crippen molar-refractivity contribution in [2.45, 2.75) is 51.2 Å². The Morgan fingerprint density at radius 2 is 1.58 bits per heavy atom. The van der Waals surface area contributed by atoms with Crippen LogP contribution in [0.4, 0.5) is 4.39 Å². The van der Waals surface area contributed by atoms with Crippen LogP contribution in [0.2, 0.25) is 0 Å². The number of nitrogens with two attached hydrogens (primary N) is 1. The summed E-state index contributed by atoms with van der Waals surface area (Å²) in [5.41, 5.74) is 4.72. The largest absolute Gasteiger partial charge is 0.328 e. The summed E-state index contributed by atoms with van der Waals surface area (Å²) in [5.74, 6) is 0.238. The molecule has 1 fully saturated rings. The summed E-state index contributed by atoms with van der Waals surface area (Å²) in [4.78, 5) is 0. The molecule has 1 rings (SSSR count). The first-order valence-corrected chi connectivity index (χ1v) is 4.44. The zero-order valence-corrected chi connectivity index (χ0v) is 8.66. The van der Waals surface area contributed by atoms with Crippen LogP contribution in [0.1, 0.15) is 39.5 Å². The average molecular weight is 196 g/mol. The summed E-state index contributed by atoms with van der Waals surface area (Å²) in [6.07, 6.45) is 3.92. The average Bonchev–Trinajstić information content (AvgIpc) is 1.86. The predicted octanol–water partition coefficient (Wildman–Crippen LogP) is 2.67. The molecule has 0 amide bonds. The van der Waals surface area contributed by atoms with Gasteiger partial charge in [0, 0.05) is 6.04 Å². The van der Waals surface area contributed by atoms with Crippen molar-refractivity contribution in [3.63, 3.8) is 0 Å². The molecular weight excluding hydrogens is 177 g/mol. The van der Waals surface area contributed by atoms with Gasteiger partial charge in [-0.15, -0.1) is 12.4 Å². The van der Waals surface area contributed by atoms with E-state index in [4.69, 9.17) is 5.73 Å². The zero-order valence-electron chi connectivity index (χ0n) is 7.85. The Kier molecular flexibility index (Phi) is 4.49. The van der Waals surface area contributed by atoms with Crippen molar-refractivity contribution in [2.75, 3.05) is 0 Å². The quantitative estimate of drug-likeness (QED) is 0.684. The van der Waals surface area contributed by atoms with E-state index in [-0.39, 0.29) is 18.3 Å². The van der Waals surface area contributed by atoms with Crippen LogP contribution >= 0.6 is 12.4 Å². The lowest BCUT2D eigenvalue weighted by Crippen LogP contribution is -2.34. The minimum atomic E-state index is -1.000. The Morgan fingerprint density at radius 3 is 1.92 bits per heavy atom. The highest BCUT2D eigenvalue weighted by molar-refractivity contribution is 5.85. The van der Waals surface area contributed by atoms with Crippen molar-refractivity contribution in [1.82, 2.24) is 0 Å². The second-order valence-electron chi connectivity index (χ2n) is 4.18. The van der Waals surface area contributed by atoms with E-state index in [2.05, 4.69) is 0 Å². The number of alkyl halides is 1. The summed E-state index contributed by atoms with van der Waals surface area (Å²) in [6.45, 7) is 3.35. The van der Waals surface area contributed by atoms with Gasteiger partial charge in [-0.1, -0.05) is 0 Å². The fourth-order valence-electron chi connectivity index (χ4n) is 1.81. The van der Waals surface area contributed by atoms with Gasteiger partial charge in [0.2, 0.25) is 0 Å². The highest BCUT2D eigenvalue weighted by atomic mass is 35.5. The minimum absolute atomic E-state index is 0. The van der Waals surface area contributed by atoms with Gasteiger partial charge in [0.15, 0.2) is 0 Å². The van der Waals surface area contributed by atoms with Crippen molar-refractivity contribution in [2.24, 2.45) is 11.7 Å². The number of halogens is 2. The lowest BCUT2D eigenvalue weighted by molar-refractivity contribution is 0.0899. The van der Waals surface area contributed by atoms with E-state index in [1.807, 2.05) is 0 Å². The summed E-state index contributed by atoms with van der Waals surface area (Å²) >= 11 is 0. The van der Waals surface area contributed by atoms with Crippen LogP contribution in [0.5, 0.6) is 0 Å². The Morgan fingerprint density at radius 1 is 1.17 bits per heavy atom. The molecule has 0 aliphatic heterocycles. The van der Waals surface area contributed by atoms with Gasteiger partial charge in [-0.25, -0.2) is 4.39 Å². The first-order chi connectivity index (χ1) is 5.00. The SMILES string of the molecule is CC(C)(F)C1CCC(N)CC1.Cl. The van der Waals surface area contributed by atoms with Crippen molar-refractivity contribution < 1.29 is 4.39 Å². The van der Waals surface area contributed by atoms with E-state index in [1.54, 1.807) is 13.8 Å². The van der Waals surface area contributed by atoms with E-state index in [9.17, 15) is 4.39 Å². The molecule has 0 heterocycles. The van der Waals surface area contributed by atoms with Crippen LogP contribution in [0, 0.1) is 5.92 Å². The lowest BCUT2D eigenvalue weighted by atomic mass is 9.78. The third-order valence-corrected chi connectivity index (χ3v) is 2.74. The highest BCUT2D eigenvalue weighted by Crippen LogP contribution is 2.34. The van der Waals surface area contributed by atoms with Gasteiger partial charge < -0.3 is 5.73 Å². The fourth-order valence-corrected chi connectivity index (χ4v) is 1.81. The van der Waals surface area contributed by atoms with E-state index in [0.29, 0.717) is 6.04 Å². The third kappa shape index (κ3) is 3.28. The molecule has 0 aromatic heterocycles. The molecule has 3 heteroatoms. The van der Waals surface area contributed by atoms with Crippen LogP contribution < -0.4 is 5.73 Å². The van der Waals surface area contributed by atoms with Gasteiger partial charge in [-0.05, 0) is 45.4 Å². The van der Waals surface area contributed by atoms with Crippen molar-refractivity contribution in [3.05, 3.63) is 0 Å². The standard InChI is InChI=1S/C9H18FN.ClH/c1-9(2,10)7-3-5-8(11)6-4-7;/h7-8H,3-6,11H2,1-2H3;1H. The maximum absolute atomic E-state index is 13.4. The van der Waals surface area contributed by atoms with Gasteiger partial charge in [0.1, 0.15) is 5.67 Å². The van der Waals surface area contributed by atoms with E-state index < -0.39 is 5.67 Å². The topological polar surface area (TPSA) is 26.0 Å². The number of hydrogen-bond acceptors (Lipinski definition) is 1. The summed E-state index contributed by atoms with van der Waals surface area (Å²) in [7, 11) is 0. The van der Waals surface area contributed by atoms with Crippen molar-refractivity contribution >= 4 is 12.4 Å². The van der Waals surface area contributed by atoms with Crippen LogP contribution in [-0.2, 0) is 0 Å². The van der Waals surface area contributed by atoms with Gasteiger partial charge in [-0.3, -0.25) is 0 Å². The molecule has 1 saturated carbocycles. The molecule has 0 spiro atoms. The van der Waals surface area contributed by atoms with Gasteiger partial charge >= 0.3 is 0 Å². The second-order valence-corrected chi connectivity index (χ2v) is 4.18. The molecule has 12 heavy (non-hydrogen) atoms. The van der Waals surface area contributed by atoms with Gasteiger partial charge in [-0.2, -0.15) is 0 Å². The molecule has 0 radical (unpaired) electrons. The fraction of sp³-hybridized carbons (Fsp3) is 1.00. The smallest absolute Gasteiger partial charge is 0.108 e. The first-order valence-electron chi connectivity index (χ1n) is 4.44. The normalized spacial score (nSPS) is 31.0. The van der Waals surface area contributed by atoms with Crippen LogP contribution in [0.25, 0.3) is 0 Å². The van der Waals surface area contributed by atoms with E-state index >= 15 is 0 Å². The Hall–Kier alpha value is 0.180. The maximum Gasteiger partial charge on any atom is 0.108 e. The second kappa shape index (κ2) is 4.43. The maximum atomic E-state index is 13.4. The monoisotopic (exact) mass is 195 g/mol.